The van der Waals surface area contributed by atoms with Crippen molar-refractivity contribution >= 4 is 38.1 Å². The third-order valence-corrected chi connectivity index (χ3v) is 7.70. The standard InChI is InChI=1S/C24H22N4O4S2/c1-28(19-11-13-20(32-2)14-12-19)34(30,31)21-10-6-9-18(16-21)23(29)25-24-27-26-22(33-24)15-17-7-4-3-5-8-17/h3-14,16H,15H2,1-2H3,(H,25,27,29). The number of benzene rings is 3. The summed E-state index contributed by atoms with van der Waals surface area (Å²) in [6.07, 6.45) is 0.611. The molecule has 0 atom stereocenters. The lowest BCUT2D eigenvalue weighted by atomic mass is 10.2. The van der Waals surface area contributed by atoms with Crippen LogP contribution in [0, 0.1) is 0 Å². The van der Waals surface area contributed by atoms with Crippen LogP contribution in [0.4, 0.5) is 10.8 Å². The van der Waals surface area contributed by atoms with Gasteiger partial charge in [0.15, 0.2) is 0 Å². The van der Waals surface area contributed by atoms with E-state index in [1.165, 1.54) is 43.7 Å². The molecule has 0 saturated heterocycles. The zero-order valence-electron chi connectivity index (χ0n) is 18.5. The van der Waals surface area contributed by atoms with Crippen molar-refractivity contribution in [2.24, 2.45) is 0 Å². The van der Waals surface area contributed by atoms with E-state index >= 15 is 0 Å². The van der Waals surface area contributed by atoms with Gasteiger partial charge in [-0.05, 0) is 48.0 Å². The Morgan fingerprint density at radius 2 is 1.74 bits per heavy atom. The fourth-order valence-electron chi connectivity index (χ4n) is 3.20. The third-order valence-electron chi connectivity index (χ3n) is 5.08. The Labute approximate surface area is 201 Å². The summed E-state index contributed by atoms with van der Waals surface area (Å²) in [4.78, 5) is 12.8. The number of hydrogen-bond donors (Lipinski definition) is 1. The average molecular weight is 495 g/mol. The lowest BCUT2D eigenvalue weighted by molar-refractivity contribution is 0.102. The monoisotopic (exact) mass is 494 g/mol. The van der Waals surface area contributed by atoms with Gasteiger partial charge >= 0.3 is 0 Å². The number of carbonyl (C=O) groups excluding carboxylic acids is 1. The van der Waals surface area contributed by atoms with E-state index in [9.17, 15) is 13.2 Å². The molecule has 1 amide bonds. The van der Waals surface area contributed by atoms with Gasteiger partial charge in [0, 0.05) is 19.0 Å². The second kappa shape index (κ2) is 10.0. The summed E-state index contributed by atoms with van der Waals surface area (Å²) in [7, 11) is -0.887. The number of carbonyl (C=O) groups is 1. The number of ether oxygens (including phenoxy) is 1. The van der Waals surface area contributed by atoms with E-state index in [4.69, 9.17) is 4.74 Å². The highest BCUT2D eigenvalue weighted by molar-refractivity contribution is 7.92. The van der Waals surface area contributed by atoms with Crippen LogP contribution >= 0.6 is 11.3 Å². The predicted molar refractivity (Wildman–Crippen MR) is 132 cm³/mol. The number of aromatic nitrogens is 2. The number of nitrogens with zero attached hydrogens (tertiary/aromatic N) is 3. The largest absolute Gasteiger partial charge is 0.497 e. The number of rotatable bonds is 8. The summed E-state index contributed by atoms with van der Waals surface area (Å²) in [6.45, 7) is 0. The Morgan fingerprint density at radius 1 is 1.00 bits per heavy atom. The summed E-state index contributed by atoms with van der Waals surface area (Å²) in [5.41, 5.74) is 1.76. The lowest BCUT2D eigenvalue weighted by Gasteiger charge is -2.20. The van der Waals surface area contributed by atoms with E-state index in [1.54, 1.807) is 30.3 Å². The second-order valence-electron chi connectivity index (χ2n) is 7.32. The maximum Gasteiger partial charge on any atom is 0.264 e. The van der Waals surface area contributed by atoms with Gasteiger partial charge in [0.1, 0.15) is 10.8 Å². The van der Waals surface area contributed by atoms with Crippen molar-refractivity contribution in [1.29, 1.82) is 0 Å². The topological polar surface area (TPSA) is 101 Å². The van der Waals surface area contributed by atoms with Gasteiger partial charge in [-0.2, -0.15) is 0 Å². The van der Waals surface area contributed by atoms with Crippen LogP contribution < -0.4 is 14.4 Å². The predicted octanol–water partition coefficient (Wildman–Crippen LogP) is 4.21. The first kappa shape index (κ1) is 23.4. The number of hydrogen-bond acceptors (Lipinski definition) is 7. The lowest BCUT2D eigenvalue weighted by Crippen LogP contribution is -2.26. The highest BCUT2D eigenvalue weighted by Crippen LogP contribution is 2.25. The molecule has 174 valence electrons. The molecule has 3 aromatic carbocycles. The van der Waals surface area contributed by atoms with Gasteiger partial charge in [-0.25, -0.2) is 8.42 Å². The molecule has 1 heterocycles. The van der Waals surface area contributed by atoms with Crippen molar-refractivity contribution in [2.75, 3.05) is 23.8 Å². The smallest absolute Gasteiger partial charge is 0.264 e. The van der Waals surface area contributed by atoms with Crippen molar-refractivity contribution in [3.8, 4) is 5.75 Å². The Balaban J connectivity index is 1.48. The van der Waals surface area contributed by atoms with Gasteiger partial charge in [-0.3, -0.25) is 14.4 Å². The van der Waals surface area contributed by atoms with Gasteiger partial charge in [0.05, 0.1) is 17.7 Å². The molecule has 0 bridgehead atoms. The maximum atomic E-state index is 13.1. The van der Waals surface area contributed by atoms with Crippen LogP contribution in [0.3, 0.4) is 0 Å². The van der Waals surface area contributed by atoms with Gasteiger partial charge < -0.3 is 4.74 Å². The first-order valence-corrected chi connectivity index (χ1v) is 12.5. The van der Waals surface area contributed by atoms with Crippen LogP contribution in [0.2, 0.25) is 0 Å². The molecule has 0 spiro atoms. The number of anilines is 2. The van der Waals surface area contributed by atoms with E-state index in [0.29, 0.717) is 23.0 Å². The minimum absolute atomic E-state index is 0.000462. The molecule has 1 N–H and O–H groups in total. The first-order valence-electron chi connectivity index (χ1n) is 10.3. The minimum Gasteiger partial charge on any atom is -0.497 e. The molecule has 34 heavy (non-hydrogen) atoms. The van der Waals surface area contributed by atoms with Crippen molar-refractivity contribution < 1.29 is 17.9 Å². The summed E-state index contributed by atoms with van der Waals surface area (Å²) < 4.78 is 32.6. The van der Waals surface area contributed by atoms with Crippen molar-refractivity contribution in [3.05, 3.63) is 95.0 Å². The molecular formula is C24H22N4O4S2. The Bertz CT molecular complexity index is 1390. The van der Waals surface area contributed by atoms with Crippen LogP contribution in [0.5, 0.6) is 5.75 Å². The summed E-state index contributed by atoms with van der Waals surface area (Å²) in [6, 6.07) is 22.4. The van der Waals surface area contributed by atoms with E-state index in [0.717, 1.165) is 14.9 Å². The van der Waals surface area contributed by atoms with Gasteiger partial charge in [0.25, 0.3) is 15.9 Å². The number of nitrogens with one attached hydrogen (secondary N) is 1. The summed E-state index contributed by atoms with van der Waals surface area (Å²) in [5, 5.41) is 12.0. The Kier molecular flexibility index (Phi) is 6.90. The molecule has 10 heteroatoms. The van der Waals surface area contributed by atoms with Crippen LogP contribution in [0.1, 0.15) is 20.9 Å². The molecule has 0 saturated carbocycles. The van der Waals surface area contributed by atoms with Crippen molar-refractivity contribution in [3.63, 3.8) is 0 Å². The third kappa shape index (κ3) is 5.24. The summed E-state index contributed by atoms with van der Waals surface area (Å²) in [5.74, 6) is 0.156. The average Bonchev–Trinajstić information content (AvgIpc) is 3.30. The molecule has 0 aliphatic carbocycles. The van der Waals surface area contributed by atoms with Gasteiger partial charge in [0.2, 0.25) is 5.13 Å². The molecule has 1 aromatic heterocycles. The maximum absolute atomic E-state index is 13.1. The van der Waals surface area contributed by atoms with Crippen LogP contribution in [-0.2, 0) is 16.4 Å². The van der Waals surface area contributed by atoms with Crippen LogP contribution in [-0.4, -0.2) is 38.7 Å². The molecule has 8 nitrogen and oxygen atoms in total. The van der Waals surface area contributed by atoms with E-state index in [2.05, 4.69) is 15.5 Å². The van der Waals surface area contributed by atoms with Crippen molar-refractivity contribution in [2.45, 2.75) is 11.3 Å². The highest BCUT2D eigenvalue weighted by Gasteiger charge is 2.23. The normalized spacial score (nSPS) is 11.1. The van der Waals surface area contributed by atoms with E-state index in [1.807, 2.05) is 30.3 Å². The fraction of sp³-hybridized carbons (Fsp3) is 0.125. The zero-order valence-corrected chi connectivity index (χ0v) is 20.1. The molecule has 4 rings (SSSR count). The summed E-state index contributed by atoms with van der Waals surface area (Å²) >= 11 is 1.27. The molecule has 4 aromatic rings. The molecule has 0 fully saturated rings. The number of methoxy groups -OCH3 is 1. The molecule has 0 aliphatic heterocycles. The van der Waals surface area contributed by atoms with Crippen molar-refractivity contribution in [1.82, 2.24) is 10.2 Å². The van der Waals surface area contributed by atoms with Gasteiger partial charge in [-0.15, -0.1) is 10.2 Å². The molecular weight excluding hydrogens is 472 g/mol. The first-order chi connectivity index (χ1) is 16.4. The van der Waals surface area contributed by atoms with Crippen LogP contribution in [0.25, 0.3) is 0 Å². The second-order valence-corrected chi connectivity index (χ2v) is 10.3. The molecule has 0 radical (unpaired) electrons. The number of sulfonamides is 1. The minimum atomic E-state index is -3.88. The Morgan fingerprint density at radius 3 is 2.44 bits per heavy atom. The van der Waals surface area contributed by atoms with Crippen LogP contribution in [0.15, 0.2) is 83.8 Å². The number of amides is 1. The van der Waals surface area contributed by atoms with Gasteiger partial charge in [-0.1, -0.05) is 47.7 Å². The SMILES string of the molecule is COc1ccc(N(C)S(=O)(=O)c2cccc(C(=O)Nc3nnc(Cc4ccccc4)s3)c2)cc1. The quantitative estimate of drug-likeness (QED) is 0.394. The molecule has 0 unspecified atom stereocenters. The van der Waals surface area contributed by atoms with E-state index in [-0.39, 0.29) is 10.5 Å². The Hall–Kier alpha value is -3.76. The fourth-order valence-corrected chi connectivity index (χ4v) is 5.21. The van der Waals surface area contributed by atoms with E-state index < -0.39 is 15.9 Å². The zero-order chi connectivity index (χ0) is 24.1. The molecule has 0 aliphatic rings. The highest BCUT2D eigenvalue weighted by atomic mass is 32.2.